The highest BCUT2D eigenvalue weighted by molar-refractivity contribution is 6.01. The van der Waals surface area contributed by atoms with Gasteiger partial charge in [0.05, 0.1) is 5.92 Å². The molecule has 2 aromatic rings. The molecule has 0 saturated carbocycles. The Morgan fingerprint density at radius 2 is 2.35 bits per heavy atom. The van der Waals surface area contributed by atoms with Gasteiger partial charge in [-0.05, 0) is 30.2 Å². The number of hydrogen-bond donors (Lipinski definition) is 2. The molecule has 1 unspecified atom stereocenters. The number of carbonyl (C=O) groups excluding carboxylic acids is 2. The maximum absolute atomic E-state index is 13.3. The summed E-state index contributed by atoms with van der Waals surface area (Å²) in [6, 6.07) is 5.94. The van der Waals surface area contributed by atoms with E-state index < -0.39 is 11.7 Å². The van der Waals surface area contributed by atoms with Gasteiger partial charge in [0.1, 0.15) is 5.82 Å². The monoisotopic (exact) mass is 316 g/mol. The van der Waals surface area contributed by atoms with Crippen LogP contribution in [0.5, 0.6) is 0 Å². The lowest BCUT2D eigenvalue weighted by Crippen LogP contribution is -2.35. The summed E-state index contributed by atoms with van der Waals surface area (Å²) in [6.07, 6.45) is 4.37. The van der Waals surface area contributed by atoms with E-state index in [1.165, 1.54) is 12.1 Å². The maximum atomic E-state index is 13.3. The zero-order valence-electron chi connectivity index (χ0n) is 12.5. The summed E-state index contributed by atoms with van der Waals surface area (Å²) in [5.74, 6) is -1.51. The van der Waals surface area contributed by atoms with Crippen LogP contribution < -0.4 is 10.6 Å². The summed E-state index contributed by atoms with van der Waals surface area (Å²) in [5.41, 5.74) is 1.02. The molecule has 1 aromatic heterocycles. The third-order valence-corrected chi connectivity index (χ3v) is 3.79. The van der Waals surface area contributed by atoms with Crippen LogP contribution in [0.15, 0.2) is 36.7 Å². The maximum Gasteiger partial charge on any atom is 0.228 e. The van der Waals surface area contributed by atoms with Gasteiger partial charge in [0.25, 0.3) is 0 Å². The van der Waals surface area contributed by atoms with Crippen molar-refractivity contribution in [2.24, 2.45) is 0 Å². The summed E-state index contributed by atoms with van der Waals surface area (Å²) in [5, 5.41) is 9.52. The number of nitrogens with zero attached hydrogens (tertiary/aromatic N) is 2. The fourth-order valence-corrected chi connectivity index (χ4v) is 2.68. The summed E-state index contributed by atoms with van der Waals surface area (Å²) in [4.78, 5) is 24.1. The molecule has 2 heterocycles. The van der Waals surface area contributed by atoms with Gasteiger partial charge in [0.15, 0.2) is 0 Å². The summed E-state index contributed by atoms with van der Waals surface area (Å²) >= 11 is 0. The lowest BCUT2D eigenvalue weighted by Gasteiger charge is -2.24. The second-order valence-electron chi connectivity index (χ2n) is 5.45. The molecule has 6 nitrogen and oxygen atoms in total. The molecule has 0 fully saturated rings. The van der Waals surface area contributed by atoms with Crippen molar-refractivity contribution in [3.05, 3.63) is 48.0 Å². The Hall–Kier alpha value is -2.70. The number of benzene rings is 1. The molecular formula is C16H17FN4O2. The largest absolute Gasteiger partial charge is 0.355 e. The topological polar surface area (TPSA) is 76.0 Å². The average molecular weight is 316 g/mol. The smallest absolute Gasteiger partial charge is 0.228 e. The number of anilines is 1. The van der Waals surface area contributed by atoms with E-state index in [-0.39, 0.29) is 18.2 Å². The number of nitrogens with one attached hydrogen (secondary N) is 2. The summed E-state index contributed by atoms with van der Waals surface area (Å²) in [6.45, 7) is 1.20. The number of rotatable bonds is 5. The minimum Gasteiger partial charge on any atom is -0.355 e. The van der Waals surface area contributed by atoms with Crippen molar-refractivity contribution in [3.8, 4) is 0 Å². The van der Waals surface area contributed by atoms with Crippen molar-refractivity contribution < 1.29 is 14.0 Å². The number of aryl methyl sites for hydroxylation is 1. The second-order valence-corrected chi connectivity index (χ2v) is 5.45. The molecule has 0 bridgehead atoms. The van der Waals surface area contributed by atoms with Crippen LogP contribution in [0.3, 0.4) is 0 Å². The Bertz CT molecular complexity index is 715. The lowest BCUT2D eigenvalue weighted by atomic mass is 9.89. The predicted octanol–water partition coefficient (Wildman–Crippen LogP) is 1.65. The van der Waals surface area contributed by atoms with E-state index in [1.807, 2.05) is 12.3 Å². The summed E-state index contributed by atoms with van der Waals surface area (Å²) < 4.78 is 15.1. The highest BCUT2D eigenvalue weighted by Gasteiger charge is 2.30. The molecule has 3 rings (SSSR count). The fourth-order valence-electron chi connectivity index (χ4n) is 2.68. The van der Waals surface area contributed by atoms with E-state index >= 15 is 0 Å². The molecule has 1 aromatic carbocycles. The number of fused-ring (bicyclic) bond motifs is 1. The highest BCUT2D eigenvalue weighted by atomic mass is 19.1. The van der Waals surface area contributed by atoms with Gasteiger partial charge >= 0.3 is 0 Å². The average Bonchev–Trinajstić information content (AvgIpc) is 3.03. The zero-order chi connectivity index (χ0) is 16.2. The van der Waals surface area contributed by atoms with E-state index in [0.29, 0.717) is 24.3 Å². The number of aromatic nitrogens is 2. The van der Waals surface area contributed by atoms with Gasteiger partial charge in [-0.3, -0.25) is 14.3 Å². The molecule has 1 aliphatic heterocycles. The first-order valence-corrected chi connectivity index (χ1v) is 7.48. The van der Waals surface area contributed by atoms with Crippen molar-refractivity contribution in [1.29, 1.82) is 0 Å². The fraction of sp³-hybridized carbons (Fsp3) is 0.312. The van der Waals surface area contributed by atoms with Crippen molar-refractivity contribution in [2.75, 3.05) is 11.9 Å². The first-order chi connectivity index (χ1) is 11.1. The Labute approximate surface area is 132 Å². The Kier molecular flexibility index (Phi) is 4.36. The second kappa shape index (κ2) is 6.60. The lowest BCUT2D eigenvalue weighted by molar-refractivity contribution is -0.126. The van der Waals surface area contributed by atoms with Crippen LogP contribution in [0.25, 0.3) is 0 Å². The molecular weight excluding hydrogens is 299 g/mol. The molecule has 2 amide bonds. The van der Waals surface area contributed by atoms with E-state index in [9.17, 15) is 14.0 Å². The van der Waals surface area contributed by atoms with Gasteiger partial charge in [-0.15, -0.1) is 0 Å². The molecule has 0 spiro atoms. The van der Waals surface area contributed by atoms with Crippen molar-refractivity contribution >= 4 is 17.5 Å². The molecule has 7 heteroatoms. The van der Waals surface area contributed by atoms with Gasteiger partial charge in [0, 0.05) is 37.6 Å². The molecule has 23 heavy (non-hydrogen) atoms. The third-order valence-electron chi connectivity index (χ3n) is 3.79. The number of halogens is 1. The van der Waals surface area contributed by atoms with Gasteiger partial charge in [-0.2, -0.15) is 5.10 Å². The van der Waals surface area contributed by atoms with Crippen LogP contribution >= 0.6 is 0 Å². The first-order valence-electron chi connectivity index (χ1n) is 7.48. The quantitative estimate of drug-likeness (QED) is 0.824. The van der Waals surface area contributed by atoms with E-state index in [4.69, 9.17) is 0 Å². The number of carbonyl (C=O) groups is 2. The van der Waals surface area contributed by atoms with Crippen molar-refractivity contribution in [3.63, 3.8) is 0 Å². The highest BCUT2D eigenvalue weighted by Crippen LogP contribution is 2.32. The van der Waals surface area contributed by atoms with Gasteiger partial charge in [-0.1, -0.05) is 6.07 Å². The molecule has 1 atom stereocenters. The third kappa shape index (κ3) is 3.56. The van der Waals surface area contributed by atoms with Crippen LogP contribution in [0.4, 0.5) is 10.1 Å². The SMILES string of the molecule is O=C1CC(C(=O)NCCCn2cccn2)c2ccc(F)cc2N1. The first kappa shape index (κ1) is 15.2. The molecule has 2 N–H and O–H groups in total. The standard InChI is InChI=1S/C16H17FN4O2/c17-11-3-4-12-13(10-15(22)20-14(12)9-11)16(23)18-5-1-7-21-8-2-6-19-21/h2-4,6,8-9,13H,1,5,7,10H2,(H,18,23)(H,20,22). The Balaban J connectivity index is 1.60. The van der Waals surface area contributed by atoms with Crippen molar-refractivity contribution in [1.82, 2.24) is 15.1 Å². The van der Waals surface area contributed by atoms with Crippen molar-refractivity contribution in [2.45, 2.75) is 25.3 Å². The zero-order valence-corrected chi connectivity index (χ0v) is 12.5. The van der Waals surface area contributed by atoms with Crippen LogP contribution in [-0.2, 0) is 16.1 Å². The van der Waals surface area contributed by atoms with Crippen LogP contribution in [0.1, 0.15) is 24.3 Å². The van der Waals surface area contributed by atoms with E-state index in [0.717, 1.165) is 6.42 Å². The van der Waals surface area contributed by atoms with Gasteiger partial charge in [-0.25, -0.2) is 4.39 Å². The van der Waals surface area contributed by atoms with E-state index in [2.05, 4.69) is 15.7 Å². The number of amides is 2. The molecule has 0 saturated heterocycles. The molecule has 0 aliphatic carbocycles. The molecule has 120 valence electrons. The summed E-state index contributed by atoms with van der Waals surface area (Å²) in [7, 11) is 0. The Morgan fingerprint density at radius 3 is 3.13 bits per heavy atom. The molecule has 0 radical (unpaired) electrons. The van der Waals surface area contributed by atoms with Gasteiger partial charge in [0.2, 0.25) is 11.8 Å². The van der Waals surface area contributed by atoms with Crippen LogP contribution in [0, 0.1) is 5.82 Å². The van der Waals surface area contributed by atoms with E-state index in [1.54, 1.807) is 16.9 Å². The minimum atomic E-state index is -0.580. The number of hydrogen-bond acceptors (Lipinski definition) is 3. The Morgan fingerprint density at radius 1 is 1.48 bits per heavy atom. The minimum absolute atomic E-state index is 0.0730. The normalized spacial score (nSPS) is 16.6. The van der Waals surface area contributed by atoms with Crippen LogP contribution in [-0.4, -0.2) is 28.1 Å². The van der Waals surface area contributed by atoms with Gasteiger partial charge < -0.3 is 10.6 Å². The predicted molar refractivity (Wildman–Crippen MR) is 82.2 cm³/mol. The molecule has 1 aliphatic rings. The van der Waals surface area contributed by atoms with Crippen LogP contribution in [0.2, 0.25) is 0 Å².